The van der Waals surface area contributed by atoms with Crippen LogP contribution in [0.2, 0.25) is 0 Å². The van der Waals surface area contributed by atoms with Gasteiger partial charge in [0.05, 0.1) is 0 Å². The van der Waals surface area contributed by atoms with Crippen LogP contribution in [0.5, 0.6) is 0 Å². The van der Waals surface area contributed by atoms with Crippen molar-refractivity contribution in [1.29, 1.82) is 0 Å². The van der Waals surface area contributed by atoms with Gasteiger partial charge in [-0.2, -0.15) is 11.8 Å². The van der Waals surface area contributed by atoms with Crippen molar-refractivity contribution in [2.45, 2.75) is 45.0 Å². The molecule has 3 heteroatoms. The van der Waals surface area contributed by atoms with E-state index in [0.717, 1.165) is 23.8 Å². The van der Waals surface area contributed by atoms with Crippen molar-refractivity contribution in [2.75, 3.05) is 25.9 Å². The van der Waals surface area contributed by atoms with Gasteiger partial charge in [0, 0.05) is 37.0 Å². The van der Waals surface area contributed by atoms with E-state index in [1.807, 2.05) is 11.8 Å². The van der Waals surface area contributed by atoms with Crippen LogP contribution in [-0.4, -0.2) is 48.1 Å². The summed E-state index contributed by atoms with van der Waals surface area (Å²) in [4.78, 5) is 2.67. The Labute approximate surface area is 99.2 Å². The summed E-state index contributed by atoms with van der Waals surface area (Å²) in [5.74, 6) is 0.760. The van der Waals surface area contributed by atoms with Crippen molar-refractivity contribution in [2.24, 2.45) is 5.92 Å². The molecule has 0 spiro atoms. The second kappa shape index (κ2) is 6.12. The summed E-state index contributed by atoms with van der Waals surface area (Å²) in [6, 6.07) is 1.38. The van der Waals surface area contributed by atoms with Gasteiger partial charge >= 0.3 is 0 Å². The topological polar surface area (TPSA) is 15.3 Å². The molecule has 0 aromatic rings. The van der Waals surface area contributed by atoms with Crippen molar-refractivity contribution in [3.05, 3.63) is 0 Å². The highest BCUT2D eigenvalue weighted by molar-refractivity contribution is 7.99. The molecule has 15 heavy (non-hydrogen) atoms. The summed E-state index contributed by atoms with van der Waals surface area (Å²) < 4.78 is 0. The molecule has 90 valence electrons. The first-order valence-electron chi connectivity index (χ1n) is 6.05. The fourth-order valence-electron chi connectivity index (χ4n) is 2.36. The van der Waals surface area contributed by atoms with Crippen molar-refractivity contribution >= 4 is 11.8 Å². The van der Waals surface area contributed by atoms with E-state index in [0.29, 0.717) is 6.04 Å². The van der Waals surface area contributed by atoms with Crippen LogP contribution in [0.1, 0.15) is 27.7 Å². The zero-order valence-corrected chi connectivity index (χ0v) is 11.6. The molecule has 2 atom stereocenters. The van der Waals surface area contributed by atoms with Crippen LogP contribution >= 0.6 is 11.8 Å². The third-order valence-electron chi connectivity index (χ3n) is 3.10. The van der Waals surface area contributed by atoms with Gasteiger partial charge in [0.2, 0.25) is 0 Å². The molecule has 1 saturated heterocycles. The number of nitrogens with zero attached hydrogens (tertiary/aromatic N) is 1. The average Bonchev–Trinajstić information content (AvgIpc) is 2.60. The lowest BCUT2D eigenvalue weighted by Crippen LogP contribution is -2.47. The van der Waals surface area contributed by atoms with E-state index >= 15 is 0 Å². The Bertz CT molecular complexity index is 182. The van der Waals surface area contributed by atoms with E-state index in [1.54, 1.807) is 0 Å². The van der Waals surface area contributed by atoms with Crippen LogP contribution in [0, 0.1) is 5.92 Å². The van der Waals surface area contributed by atoms with Gasteiger partial charge in [0.1, 0.15) is 0 Å². The molecule has 0 aromatic carbocycles. The largest absolute Gasteiger partial charge is 0.314 e. The average molecular weight is 230 g/mol. The van der Waals surface area contributed by atoms with Crippen LogP contribution < -0.4 is 5.32 Å². The van der Waals surface area contributed by atoms with E-state index in [9.17, 15) is 0 Å². The predicted octanol–water partition coefficient (Wildman–Crippen LogP) is 2.06. The molecule has 0 bridgehead atoms. The van der Waals surface area contributed by atoms with Crippen LogP contribution in [0.4, 0.5) is 0 Å². The molecule has 1 heterocycles. The standard InChI is InChI=1S/C12H26N2S/c1-9(2)8-14(10(3)4)11-6-13-7-12(11)15-5/h9-13H,6-8H2,1-5H3. The highest BCUT2D eigenvalue weighted by Gasteiger charge is 2.32. The molecule has 0 saturated carbocycles. The molecular formula is C12H26N2S. The van der Waals surface area contributed by atoms with Gasteiger partial charge in [0.25, 0.3) is 0 Å². The molecule has 1 fully saturated rings. The Morgan fingerprint density at radius 3 is 2.40 bits per heavy atom. The van der Waals surface area contributed by atoms with Crippen molar-refractivity contribution in [3.63, 3.8) is 0 Å². The van der Waals surface area contributed by atoms with Gasteiger partial charge in [-0.1, -0.05) is 13.8 Å². The summed E-state index contributed by atoms with van der Waals surface area (Å²) in [6.45, 7) is 12.8. The Morgan fingerprint density at radius 2 is 1.93 bits per heavy atom. The molecular weight excluding hydrogens is 204 g/mol. The minimum absolute atomic E-state index is 0.659. The number of hydrogen-bond acceptors (Lipinski definition) is 3. The third-order valence-corrected chi connectivity index (χ3v) is 4.18. The Kier molecular flexibility index (Phi) is 5.44. The van der Waals surface area contributed by atoms with Crippen molar-refractivity contribution in [3.8, 4) is 0 Å². The Morgan fingerprint density at radius 1 is 1.27 bits per heavy atom. The first kappa shape index (κ1) is 13.3. The molecule has 1 aliphatic heterocycles. The zero-order valence-electron chi connectivity index (χ0n) is 10.8. The zero-order chi connectivity index (χ0) is 11.4. The molecule has 1 rings (SSSR count). The fraction of sp³-hybridized carbons (Fsp3) is 1.00. The second-order valence-corrected chi connectivity index (χ2v) is 6.26. The molecule has 1 aliphatic rings. The van der Waals surface area contributed by atoms with Gasteiger partial charge in [-0.05, 0) is 26.0 Å². The maximum atomic E-state index is 3.52. The summed E-state index contributed by atoms with van der Waals surface area (Å²) >= 11 is 2.01. The van der Waals surface area contributed by atoms with E-state index < -0.39 is 0 Å². The molecule has 1 N–H and O–H groups in total. The summed E-state index contributed by atoms with van der Waals surface area (Å²) in [5, 5.41) is 4.29. The molecule has 0 radical (unpaired) electrons. The second-order valence-electron chi connectivity index (χ2n) is 5.18. The molecule has 2 nitrogen and oxygen atoms in total. The van der Waals surface area contributed by atoms with Gasteiger partial charge in [-0.15, -0.1) is 0 Å². The monoisotopic (exact) mass is 230 g/mol. The lowest BCUT2D eigenvalue weighted by molar-refractivity contribution is 0.147. The molecule has 0 aromatic heterocycles. The Balaban J connectivity index is 2.61. The summed E-state index contributed by atoms with van der Waals surface area (Å²) in [5.41, 5.74) is 0. The number of thioether (sulfide) groups is 1. The van der Waals surface area contributed by atoms with E-state index in [-0.39, 0.29) is 0 Å². The van der Waals surface area contributed by atoms with E-state index in [1.165, 1.54) is 13.1 Å². The van der Waals surface area contributed by atoms with Crippen LogP contribution in [0.25, 0.3) is 0 Å². The van der Waals surface area contributed by atoms with Crippen LogP contribution in [-0.2, 0) is 0 Å². The highest BCUT2D eigenvalue weighted by Crippen LogP contribution is 2.22. The number of nitrogens with one attached hydrogen (secondary N) is 1. The summed E-state index contributed by atoms with van der Waals surface area (Å²) in [7, 11) is 0. The van der Waals surface area contributed by atoms with E-state index in [2.05, 4.69) is 44.2 Å². The van der Waals surface area contributed by atoms with Crippen LogP contribution in [0.15, 0.2) is 0 Å². The first-order chi connectivity index (χ1) is 7.06. The molecule has 0 aliphatic carbocycles. The van der Waals surface area contributed by atoms with Gasteiger partial charge in [0.15, 0.2) is 0 Å². The summed E-state index contributed by atoms with van der Waals surface area (Å²) in [6.07, 6.45) is 2.23. The minimum Gasteiger partial charge on any atom is -0.314 e. The lowest BCUT2D eigenvalue weighted by atomic mass is 10.1. The minimum atomic E-state index is 0.659. The maximum Gasteiger partial charge on any atom is 0.0354 e. The fourth-order valence-corrected chi connectivity index (χ4v) is 3.21. The normalized spacial score (nSPS) is 27.2. The maximum absolute atomic E-state index is 3.52. The molecule has 0 amide bonds. The smallest absolute Gasteiger partial charge is 0.0354 e. The highest BCUT2D eigenvalue weighted by atomic mass is 32.2. The van der Waals surface area contributed by atoms with Gasteiger partial charge in [-0.25, -0.2) is 0 Å². The van der Waals surface area contributed by atoms with Crippen LogP contribution in [0.3, 0.4) is 0 Å². The first-order valence-corrected chi connectivity index (χ1v) is 7.34. The Hall–Kier alpha value is 0.270. The third kappa shape index (κ3) is 3.65. The van der Waals surface area contributed by atoms with Crippen molar-refractivity contribution < 1.29 is 0 Å². The number of rotatable bonds is 5. The number of hydrogen-bond donors (Lipinski definition) is 1. The van der Waals surface area contributed by atoms with Gasteiger partial charge < -0.3 is 5.32 Å². The SMILES string of the molecule is CSC1CNCC1N(CC(C)C)C(C)C. The molecule has 2 unspecified atom stereocenters. The predicted molar refractivity (Wildman–Crippen MR) is 70.6 cm³/mol. The quantitative estimate of drug-likeness (QED) is 0.778. The van der Waals surface area contributed by atoms with Crippen molar-refractivity contribution in [1.82, 2.24) is 10.2 Å². The van der Waals surface area contributed by atoms with Gasteiger partial charge in [-0.3, -0.25) is 4.90 Å². The lowest BCUT2D eigenvalue weighted by Gasteiger charge is -2.36. The van der Waals surface area contributed by atoms with E-state index in [4.69, 9.17) is 0 Å².